The summed E-state index contributed by atoms with van der Waals surface area (Å²) in [5, 5.41) is 10.5. The number of carbonyl (C=O) groups is 1. The third-order valence-corrected chi connectivity index (χ3v) is 3.86. The monoisotopic (exact) mass is 264 g/mol. The van der Waals surface area contributed by atoms with Crippen LogP contribution in [0.4, 0.5) is 0 Å². The SMILES string of the molecule is CCN(CC1CCCCN1)C(=O)c1c(C)n[nH]c1C. The first-order chi connectivity index (χ1) is 9.13. The molecule has 1 aliphatic heterocycles. The maximum atomic E-state index is 12.6. The van der Waals surface area contributed by atoms with Gasteiger partial charge in [0.25, 0.3) is 5.91 Å². The van der Waals surface area contributed by atoms with Crippen molar-refractivity contribution in [2.75, 3.05) is 19.6 Å². The Morgan fingerprint density at radius 2 is 2.21 bits per heavy atom. The van der Waals surface area contributed by atoms with Crippen LogP contribution < -0.4 is 5.32 Å². The molecule has 2 rings (SSSR count). The fraction of sp³-hybridized carbons (Fsp3) is 0.714. The van der Waals surface area contributed by atoms with E-state index in [-0.39, 0.29) is 5.91 Å². The second-order valence-electron chi connectivity index (χ2n) is 5.30. The average molecular weight is 264 g/mol. The standard InChI is InChI=1S/C14H24N4O/c1-4-18(9-12-7-5-6-8-15-12)14(19)13-10(2)16-17-11(13)3/h12,15H,4-9H2,1-3H3,(H,16,17). The van der Waals surface area contributed by atoms with Gasteiger partial charge in [0, 0.05) is 24.8 Å². The van der Waals surface area contributed by atoms with Crippen molar-refractivity contribution in [2.45, 2.75) is 46.1 Å². The molecule has 0 spiro atoms. The van der Waals surface area contributed by atoms with Gasteiger partial charge in [0.15, 0.2) is 0 Å². The molecular weight excluding hydrogens is 240 g/mol. The summed E-state index contributed by atoms with van der Waals surface area (Å²) in [5.41, 5.74) is 2.38. The number of carbonyl (C=O) groups excluding carboxylic acids is 1. The fourth-order valence-electron chi connectivity index (χ4n) is 2.73. The van der Waals surface area contributed by atoms with Crippen LogP contribution in [0.2, 0.25) is 0 Å². The van der Waals surface area contributed by atoms with Crippen LogP contribution in [-0.4, -0.2) is 46.7 Å². The van der Waals surface area contributed by atoms with E-state index in [4.69, 9.17) is 0 Å². The van der Waals surface area contributed by atoms with E-state index in [1.54, 1.807) is 0 Å². The molecule has 106 valence electrons. The maximum absolute atomic E-state index is 12.6. The van der Waals surface area contributed by atoms with Crippen LogP contribution in [0.25, 0.3) is 0 Å². The predicted octanol–water partition coefficient (Wildman–Crippen LogP) is 1.63. The summed E-state index contributed by atoms with van der Waals surface area (Å²) in [7, 11) is 0. The molecule has 1 aliphatic rings. The highest BCUT2D eigenvalue weighted by Crippen LogP contribution is 2.15. The number of hydrogen-bond acceptors (Lipinski definition) is 3. The molecule has 5 nitrogen and oxygen atoms in total. The van der Waals surface area contributed by atoms with Crippen LogP contribution in [0, 0.1) is 13.8 Å². The van der Waals surface area contributed by atoms with E-state index in [0.29, 0.717) is 6.04 Å². The Morgan fingerprint density at radius 1 is 1.42 bits per heavy atom. The van der Waals surface area contributed by atoms with Gasteiger partial charge in [-0.1, -0.05) is 6.42 Å². The van der Waals surface area contributed by atoms with Gasteiger partial charge in [0.05, 0.1) is 11.3 Å². The van der Waals surface area contributed by atoms with E-state index in [1.807, 2.05) is 25.7 Å². The minimum absolute atomic E-state index is 0.0959. The van der Waals surface area contributed by atoms with Gasteiger partial charge in [-0.15, -0.1) is 0 Å². The summed E-state index contributed by atoms with van der Waals surface area (Å²) >= 11 is 0. The molecule has 1 saturated heterocycles. The number of hydrogen-bond donors (Lipinski definition) is 2. The number of likely N-dealkylation sites (N-methyl/N-ethyl adjacent to an activating group) is 1. The Bertz CT molecular complexity index is 415. The molecule has 19 heavy (non-hydrogen) atoms. The van der Waals surface area contributed by atoms with Crippen molar-refractivity contribution in [1.82, 2.24) is 20.4 Å². The van der Waals surface area contributed by atoms with E-state index in [2.05, 4.69) is 15.5 Å². The Balaban J connectivity index is 2.06. The highest BCUT2D eigenvalue weighted by Gasteiger charge is 2.23. The van der Waals surface area contributed by atoms with Gasteiger partial charge in [0.1, 0.15) is 0 Å². The van der Waals surface area contributed by atoms with E-state index >= 15 is 0 Å². The van der Waals surface area contributed by atoms with Gasteiger partial charge < -0.3 is 10.2 Å². The number of amides is 1. The third kappa shape index (κ3) is 3.15. The van der Waals surface area contributed by atoms with E-state index in [9.17, 15) is 4.79 Å². The molecule has 1 unspecified atom stereocenters. The topological polar surface area (TPSA) is 61.0 Å². The summed E-state index contributed by atoms with van der Waals surface area (Å²) in [6.45, 7) is 8.41. The summed E-state index contributed by atoms with van der Waals surface area (Å²) in [6, 6.07) is 0.435. The number of nitrogens with zero attached hydrogens (tertiary/aromatic N) is 2. The Hall–Kier alpha value is -1.36. The Labute approximate surface area is 114 Å². The van der Waals surface area contributed by atoms with Crippen molar-refractivity contribution < 1.29 is 4.79 Å². The number of aromatic amines is 1. The van der Waals surface area contributed by atoms with Crippen LogP contribution in [0.5, 0.6) is 0 Å². The van der Waals surface area contributed by atoms with Gasteiger partial charge in [0.2, 0.25) is 0 Å². The van der Waals surface area contributed by atoms with Crippen molar-refractivity contribution >= 4 is 5.91 Å². The molecule has 0 aromatic carbocycles. The van der Waals surface area contributed by atoms with Crippen LogP contribution >= 0.6 is 0 Å². The second kappa shape index (κ2) is 6.19. The number of H-pyrrole nitrogens is 1. The predicted molar refractivity (Wildman–Crippen MR) is 75.3 cm³/mol. The number of aromatic nitrogens is 2. The number of nitrogens with one attached hydrogen (secondary N) is 2. The quantitative estimate of drug-likeness (QED) is 0.869. The van der Waals surface area contributed by atoms with Crippen molar-refractivity contribution in [3.05, 3.63) is 17.0 Å². The summed E-state index contributed by atoms with van der Waals surface area (Å²) in [5.74, 6) is 0.0959. The molecular formula is C14H24N4O. The van der Waals surface area contributed by atoms with E-state index in [1.165, 1.54) is 12.8 Å². The molecule has 1 aromatic rings. The first-order valence-corrected chi connectivity index (χ1v) is 7.17. The van der Waals surface area contributed by atoms with Crippen molar-refractivity contribution in [1.29, 1.82) is 0 Å². The highest BCUT2D eigenvalue weighted by atomic mass is 16.2. The van der Waals surface area contributed by atoms with Gasteiger partial charge in [-0.2, -0.15) is 5.10 Å². The fourth-order valence-corrected chi connectivity index (χ4v) is 2.73. The zero-order valence-electron chi connectivity index (χ0n) is 12.1. The Kier molecular flexibility index (Phi) is 4.58. The van der Waals surface area contributed by atoms with Crippen molar-refractivity contribution in [3.63, 3.8) is 0 Å². The summed E-state index contributed by atoms with van der Waals surface area (Å²) in [4.78, 5) is 14.5. The van der Waals surface area contributed by atoms with E-state index in [0.717, 1.165) is 43.0 Å². The largest absolute Gasteiger partial charge is 0.337 e. The average Bonchev–Trinajstić information content (AvgIpc) is 2.76. The van der Waals surface area contributed by atoms with Crippen LogP contribution in [0.15, 0.2) is 0 Å². The normalized spacial score (nSPS) is 19.4. The molecule has 0 saturated carbocycles. The first kappa shape index (κ1) is 14.1. The molecule has 1 amide bonds. The molecule has 2 N–H and O–H groups in total. The summed E-state index contributed by atoms with van der Waals surface area (Å²) < 4.78 is 0. The highest BCUT2D eigenvalue weighted by molar-refractivity contribution is 5.96. The van der Waals surface area contributed by atoms with E-state index < -0.39 is 0 Å². The van der Waals surface area contributed by atoms with Crippen LogP contribution in [0.1, 0.15) is 47.9 Å². The minimum atomic E-state index is 0.0959. The Morgan fingerprint density at radius 3 is 2.74 bits per heavy atom. The zero-order chi connectivity index (χ0) is 13.8. The van der Waals surface area contributed by atoms with Crippen LogP contribution in [0.3, 0.4) is 0 Å². The third-order valence-electron chi connectivity index (χ3n) is 3.86. The molecule has 0 bridgehead atoms. The van der Waals surface area contributed by atoms with Gasteiger partial charge in [-0.3, -0.25) is 9.89 Å². The molecule has 5 heteroatoms. The summed E-state index contributed by atoms with van der Waals surface area (Å²) in [6.07, 6.45) is 3.66. The van der Waals surface area contributed by atoms with Crippen molar-refractivity contribution in [2.24, 2.45) is 0 Å². The molecule has 1 fully saturated rings. The second-order valence-corrected chi connectivity index (χ2v) is 5.30. The van der Waals surface area contributed by atoms with Crippen molar-refractivity contribution in [3.8, 4) is 0 Å². The first-order valence-electron chi connectivity index (χ1n) is 7.17. The molecule has 0 radical (unpaired) electrons. The molecule has 1 aromatic heterocycles. The van der Waals surface area contributed by atoms with Gasteiger partial charge >= 0.3 is 0 Å². The smallest absolute Gasteiger partial charge is 0.257 e. The number of aryl methyl sites for hydroxylation is 2. The minimum Gasteiger partial charge on any atom is -0.337 e. The zero-order valence-corrected chi connectivity index (χ0v) is 12.1. The molecule has 0 aliphatic carbocycles. The lowest BCUT2D eigenvalue weighted by molar-refractivity contribution is 0.0740. The lowest BCUT2D eigenvalue weighted by atomic mass is 10.0. The number of rotatable bonds is 4. The van der Waals surface area contributed by atoms with Gasteiger partial charge in [-0.05, 0) is 40.2 Å². The number of piperidine rings is 1. The lowest BCUT2D eigenvalue weighted by Crippen LogP contribution is -2.45. The van der Waals surface area contributed by atoms with Gasteiger partial charge in [-0.25, -0.2) is 0 Å². The van der Waals surface area contributed by atoms with Crippen LogP contribution in [-0.2, 0) is 0 Å². The molecule has 1 atom stereocenters. The molecule has 2 heterocycles. The lowest BCUT2D eigenvalue weighted by Gasteiger charge is -2.30. The maximum Gasteiger partial charge on any atom is 0.257 e.